The number of halogens is 2. The van der Waals surface area contributed by atoms with Crippen LogP contribution in [0.2, 0.25) is 0 Å². The topological polar surface area (TPSA) is 87.7 Å². The summed E-state index contributed by atoms with van der Waals surface area (Å²) in [7, 11) is 0. The summed E-state index contributed by atoms with van der Waals surface area (Å²) in [5.74, 6) is -1.34. The number of carbonyl (C=O) groups is 3. The zero-order valence-corrected chi connectivity index (χ0v) is 20.3. The van der Waals surface area contributed by atoms with E-state index in [2.05, 4.69) is 26.6 Å². The highest BCUT2D eigenvalue weighted by Crippen LogP contribution is 2.28. The molecule has 0 saturated carbocycles. The van der Waals surface area contributed by atoms with E-state index < -0.39 is 30.2 Å². The van der Waals surface area contributed by atoms with Crippen LogP contribution in [0, 0.1) is 12.7 Å². The normalized spacial score (nSPS) is 14.3. The highest BCUT2D eigenvalue weighted by molar-refractivity contribution is 9.10. The first-order valence-electron chi connectivity index (χ1n) is 10.7. The van der Waals surface area contributed by atoms with Crippen molar-refractivity contribution in [1.82, 2.24) is 10.2 Å². The van der Waals surface area contributed by atoms with Gasteiger partial charge in [0.05, 0.1) is 10.2 Å². The highest BCUT2D eigenvalue weighted by atomic mass is 79.9. The molecule has 3 aromatic rings. The van der Waals surface area contributed by atoms with Crippen molar-refractivity contribution < 1.29 is 23.5 Å². The Hall–Kier alpha value is -3.98. The Morgan fingerprint density at radius 1 is 1.11 bits per heavy atom. The fourth-order valence-corrected chi connectivity index (χ4v) is 3.86. The molecule has 4 amide bonds. The van der Waals surface area contributed by atoms with Gasteiger partial charge in [-0.3, -0.25) is 9.59 Å². The molecule has 2 N–H and O–H groups in total. The molecule has 0 spiro atoms. The maximum Gasteiger partial charge on any atom is 0.329 e. The zero-order chi connectivity index (χ0) is 24.9. The summed E-state index contributed by atoms with van der Waals surface area (Å²) in [6.45, 7) is 1.87. The predicted molar refractivity (Wildman–Crippen MR) is 133 cm³/mol. The number of hydrogen-bond acceptors (Lipinski definition) is 4. The third kappa shape index (κ3) is 5.93. The van der Waals surface area contributed by atoms with Crippen molar-refractivity contribution in [2.45, 2.75) is 13.5 Å². The molecule has 9 heteroatoms. The predicted octanol–water partition coefficient (Wildman–Crippen LogP) is 5.01. The van der Waals surface area contributed by atoms with Crippen LogP contribution in [0.25, 0.3) is 6.08 Å². The minimum absolute atomic E-state index is 0.0221. The monoisotopic (exact) mass is 537 g/mol. The number of anilines is 1. The van der Waals surface area contributed by atoms with Gasteiger partial charge in [0.25, 0.3) is 5.91 Å². The Bertz CT molecular complexity index is 1320. The zero-order valence-electron chi connectivity index (χ0n) is 18.7. The van der Waals surface area contributed by atoms with E-state index in [9.17, 15) is 18.8 Å². The number of ether oxygens (including phenoxy) is 1. The minimum atomic E-state index is -0.734. The standard InChI is InChI=1S/C26H21BrFN3O4/c1-16-6-8-17(9-7-16)15-35-23-11-10-18(12-19(23)27)13-22-25(33)31(26(34)30-22)14-24(32)29-21-5-3-2-4-20(21)28/h2-13H,14-15H2,1H3,(H,29,32)(H,30,34)/b22-13+. The fourth-order valence-electron chi connectivity index (χ4n) is 3.35. The number of hydrogen-bond donors (Lipinski definition) is 2. The Balaban J connectivity index is 1.40. The molecule has 7 nitrogen and oxygen atoms in total. The van der Waals surface area contributed by atoms with Gasteiger partial charge in [-0.05, 0) is 64.3 Å². The number of nitrogens with one attached hydrogen (secondary N) is 2. The van der Waals surface area contributed by atoms with Gasteiger partial charge in [0.1, 0.15) is 30.4 Å². The van der Waals surface area contributed by atoms with Gasteiger partial charge >= 0.3 is 6.03 Å². The summed E-state index contributed by atoms with van der Waals surface area (Å²) >= 11 is 3.47. The van der Waals surface area contributed by atoms with Crippen LogP contribution in [0.4, 0.5) is 14.9 Å². The second kappa shape index (κ2) is 10.5. The molecule has 0 unspecified atom stereocenters. The number of carbonyl (C=O) groups excluding carboxylic acids is 3. The van der Waals surface area contributed by atoms with Gasteiger partial charge in [-0.15, -0.1) is 0 Å². The van der Waals surface area contributed by atoms with Gasteiger partial charge in [-0.1, -0.05) is 48.0 Å². The Kier molecular flexibility index (Phi) is 7.26. The van der Waals surface area contributed by atoms with Crippen LogP contribution < -0.4 is 15.4 Å². The van der Waals surface area contributed by atoms with Crippen LogP contribution in [0.5, 0.6) is 5.75 Å². The number of rotatable bonds is 7. The number of amides is 4. The van der Waals surface area contributed by atoms with Crippen LogP contribution in [0.1, 0.15) is 16.7 Å². The average Bonchev–Trinajstić information content (AvgIpc) is 3.08. The minimum Gasteiger partial charge on any atom is -0.488 e. The van der Waals surface area contributed by atoms with Crippen molar-refractivity contribution in [3.05, 3.63) is 99.4 Å². The molecule has 1 aliphatic heterocycles. The number of para-hydroxylation sites is 1. The molecule has 1 fully saturated rings. The van der Waals surface area contributed by atoms with Gasteiger partial charge in [-0.25, -0.2) is 14.1 Å². The Labute approximate surface area is 209 Å². The van der Waals surface area contributed by atoms with Crippen LogP contribution in [0.3, 0.4) is 0 Å². The molecule has 35 heavy (non-hydrogen) atoms. The van der Waals surface area contributed by atoms with E-state index in [1.807, 2.05) is 31.2 Å². The summed E-state index contributed by atoms with van der Waals surface area (Å²) < 4.78 is 20.3. The van der Waals surface area contributed by atoms with Crippen molar-refractivity contribution >= 4 is 45.5 Å². The van der Waals surface area contributed by atoms with Crippen molar-refractivity contribution in [2.24, 2.45) is 0 Å². The number of benzene rings is 3. The lowest BCUT2D eigenvalue weighted by atomic mass is 10.1. The molecule has 0 atom stereocenters. The maximum atomic E-state index is 13.7. The van der Waals surface area contributed by atoms with E-state index in [4.69, 9.17) is 4.74 Å². The summed E-state index contributed by atoms with van der Waals surface area (Å²) in [4.78, 5) is 38.0. The number of aryl methyl sites for hydroxylation is 1. The van der Waals surface area contributed by atoms with Gasteiger partial charge in [0.2, 0.25) is 5.91 Å². The first-order chi connectivity index (χ1) is 16.8. The molecule has 0 bridgehead atoms. The summed E-state index contributed by atoms with van der Waals surface area (Å²) in [6.07, 6.45) is 1.50. The third-order valence-electron chi connectivity index (χ3n) is 5.19. The van der Waals surface area contributed by atoms with Crippen LogP contribution >= 0.6 is 15.9 Å². The lowest BCUT2D eigenvalue weighted by Crippen LogP contribution is -2.38. The van der Waals surface area contributed by atoms with E-state index in [0.29, 0.717) is 22.4 Å². The summed E-state index contributed by atoms with van der Waals surface area (Å²) in [5, 5.41) is 4.82. The van der Waals surface area contributed by atoms with E-state index in [0.717, 1.165) is 10.5 Å². The second-order valence-electron chi connectivity index (χ2n) is 7.87. The lowest BCUT2D eigenvalue weighted by molar-refractivity contribution is -0.127. The van der Waals surface area contributed by atoms with Crippen LogP contribution in [-0.4, -0.2) is 29.3 Å². The SMILES string of the molecule is Cc1ccc(COc2ccc(/C=C3/NC(=O)N(CC(=O)Nc4ccccc4F)C3=O)cc2Br)cc1. The first kappa shape index (κ1) is 24.2. The smallest absolute Gasteiger partial charge is 0.329 e. The van der Waals surface area contributed by atoms with E-state index >= 15 is 0 Å². The van der Waals surface area contributed by atoms with E-state index in [1.165, 1.54) is 29.8 Å². The molecule has 0 aliphatic carbocycles. The van der Waals surface area contributed by atoms with Crippen molar-refractivity contribution in [3.8, 4) is 5.75 Å². The molecule has 178 valence electrons. The summed E-state index contributed by atoms with van der Waals surface area (Å²) in [6, 6.07) is 18.2. The number of urea groups is 1. The van der Waals surface area contributed by atoms with E-state index in [1.54, 1.807) is 24.3 Å². The van der Waals surface area contributed by atoms with Crippen LogP contribution in [-0.2, 0) is 16.2 Å². The molecule has 1 heterocycles. The molecular formula is C26H21BrFN3O4. The van der Waals surface area contributed by atoms with Gasteiger partial charge in [-0.2, -0.15) is 0 Å². The van der Waals surface area contributed by atoms with Gasteiger partial charge < -0.3 is 15.4 Å². The molecule has 0 radical (unpaired) electrons. The largest absolute Gasteiger partial charge is 0.488 e. The quantitative estimate of drug-likeness (QED) is 0.327. The maximum absolute atomic E-state index is 13.7. The van der Waals surface area contributed by atoms with Crippen molar-refractivity contribution in [2.75, 3.05) is 11.9 Å². The first-order valence-corrected chi connectivity index (χ1v) is 11.5. The highest BCUT2D eigenvalue weighted by Gasteiger charge is 2.35. The lowest BCUT2D eigenvalue weighted by Gasteiger charge is -2.12. The Morgan fingerprint density at radius 3 is 2.57 bits per heavy atom. The van der Waals surface area contributed by atoms with Crippen molar-refractivity contribution in [3.63, 3.8) is 0 Å². The number of nitrogens with zero attached hydrogens (tertiary/aromatic N) is 1. The van der Waals surface area contributed by atoms with Crippen molar-refractivity contribution in [1.29, 1.82) is 0 Å². The molecule has 1 aliphatic rings. The molecule has 1 saturated heterocycles. The van der Waals surface area contributed by atoms with Gasteiger partial charge in [0, 0.05) is 0 Å². The summed E-state index contributed by atoms with van der Waals surface area (Å²) in [5.41, 5.74) is 2.84. The molecule has 3 aromatic carbocycles. The van der Waals surface area contributed by atoms with Crippen LogP contribution in [0.15, 0.2) is 76.9 Å². The third-order valence-corrected chi connectivity index (χ3v) is 5.81. The second-order valence-corrected chi connectivity index (χ2v) is 8.73. The van der Waals surface area contributed by atoms with Gasteiger partial charge in [0.15, 0.2) is 0 Å². The fraction of sp³-hybridized carbons (Fsp3) is 0.115. The molecular weight excluding hydrogens is 517 g/mol. The van der Waals surface area contributed by atoms with E-state index in [-0.39, 0.29) is 11.4 Å². The molecule has 4 rings (SSSR count). The molecule has 0 aromatic heterocycles. The average molecular weight is 538 g/mol. The Morgan fingerprint density at radius 2 is 1.86 bits per heavy atom. The number of imide groups is 1.